The van der Waals surface area contributed by atoms with Crippen LogP contribution in [-0.2, 0) is 17.9 Å². The summed E-state index contributed by atoms with van der Waals surface area (Å²) in [5, 5.41) is 18.7. The zero-order chi connectivity index (χ0) is 16.9. The zero-order valence-corrected chi connectivity index (χ0v) is 13.7. The maximum absolute atomic E-state index is 12.1. The number of hydrogen-bond acceptors (Lipinski definition) is 5. The number of nitrogens with one attached hydrogen (secondary N) is 1. The van der Waals surface area contributed by atoms with Crippen molar-refractivity contribution in [1.29, 1.82) is 0 Å². The Morgan fingerprint density at radius 3 is 2.96 bits per heavy atom. The van der Waals surface area contributed by atoms with E-state index >= 15 is 0 Å². The molecule has 124 valence electrons. The van der Waals surface area contributed by atoms with Gasteiger partial charge in [-0.05, 0) is 42.0 Å². The quantitative estimate of drug-likeness (QED) is 0.747. The molecule has 8 heteroatoms. The third-order valence-electron chi connectivity index (χ3n) is 3.57. The van der Waals surface area contributed by atoms with Gasteiger partial charge in [-0.3, -0.25) is 9.48 Å². The predicted molar refractivity (Wildman–Crippen MR) is 89.1 cm³/mol. The van der Waals surface area contributed by atoms with Crippen molar-refractivity contribution in [3.8, 4) is 11.4 Å². The third kappa shape index (κ3) is 3.65. The molecule has 24 heavy (non-hydrogen) atoms. The van der Waals surface area contributed by atoms with Crippen LogP contribution in [0.1, 0.15) is 18.9 Å². The number of carbonyl (C=O) groups excluding carboxylic acids is 1. The van der Waals surface area contributed by atoms with Crippen LogP contribution < -0.4 is 5.32 Å². The molecule has 1 aromatic carbocycles. The molecule has 0 aliphatic heterocycles. The highest BCUT2D eigenvalue weighted by atomic mass is 16.1. The molecule has 0 aliphatic rings. The summed E-state index contributed by atoms with van der Waals surface area (Å²) >= 11 is 0. The first kappa shape index (κ1) is 15.9. The van der Waals surface area contributed by atoms with Gasteiger partial charge in [0.2, 0.25) is 5.91 Å². The Labute approximate surface area is 139 Å². The summed E-state index contributed by atoms with van der Waals surface area (Å²) in [7, 11) is 0. The van der Waals surface area contributed by atoms with Crippen LogP contribution in [0.4, 0.5) is 5.69 Å². The molecular formula is C16H19N7O. The number of aryl methyl sites for hydroxylation is 3. The zero-order valence-electron chi connectivity index (χ0n) is 13.7. The smallest absolute Gasteiger partial charge is 0.226 e. The van der Waals surface area contributed by atoms with Gasteiger partial charge in [-0.1, -0.05) is 12.1 Å². The van der Waals surface area contributed by atoms with Crippen LogP contribution in [0.3, 0.4) is 0 Å². The Morgan fingerprint density at radius 2 is 2.21 bits per heavy atom. The summed E-state index contributed by atoms with van der Waals surface area (Å²) in [5.74, 6) is 0.621. The van der Waals surface area contributed by atoms with Gasteiger partial charge in [0, 0.05) is 37.0 Å². The van der Waals surface area contributed by atoms with Gasteiger partial charge in [-0.2, -0.15) is 5.10 Å². The minimum atomic E-state index is -0.0598. The molecule has 3 rings (SSSR count). The Hall–Kier alpha value is -3.03. The van der Waals surface area contributed by atoms with Gasteiger partial charge in [0.25, 0.3) is 0 Å². The van der Waals surface area contributed by atoms with Gasteiger partial charge in [-0.25, -0.2) is 4.68 Å². The molecule has 1 N–H and O–H groups in total. The van der Waals surface area contributed by atoms with Crippen molar-refractivity contribution in [1.82, 2.24) is 30.0 Å². The first-order valence-electron chi connectivity index (χ1n) is 7.81. The van der Waals surface area contributed by atoms with Crippen LogP contribution >= 0.6 is 0 Å². The second kappa shape index (κ2) is 7.03. The highest BCUT2D eigenvalue weighted by Crippen LogP contribution is 2.20. The molecule has 0 aliphatic carbocycles. The van der Waals surface area contributed by atoms with Crippen molar-refractivity contribution in [3.63, 3.8) is 0 Å². The largest absolute Gasteiger partial charge is 0.326 e. The number of rotatable bonds is 6. The minimum absolute atomic E-state index is 0.0598. The first-order valence-corrected chi connectivity index (χ1v) is 7.81. The summed E-state index contributed by atoms with van der Waals surface area (Å²) in [6, 6.07) is 7.50. The minimum Gasteiger partial charge on any atom is -0.326 e. The second-order valence-electron chi connectivity index (χ2n) is 5.48. The average Bonchev–Trinajstić information content (AvgIpc) is 3.21. The Morgan fingerprint density at radius 1 is 1.33 bits per heavy atom. The van der Waals surface area contributed by atoms with Crippen LogP contribution in [0.25, 0.3) is 11.4 Å². The molecule has 0 spiro atoms. The van der Waals surface area contributed by atoms with E-state index in [-0.39, 0.29) is 5.91 Å². The third-order valence-corrected chi connectivity index (χ3v) is 3.57. The molecule has 0 fully saturated rings. The van der Waals surface area contributed by atoms with Crippen molar-refractivity contribution in [2.75, 3.05) is 5.32 Å². The molecule has 0 saturated heterocycles. The topological polar surface area (TPSA) is 90.5 Å². The van der Waals surface area contributed by atoms with E-state index in [0.717, 1.165) is 16.8 Å². The van der Waals surface area contributed by atoms with Gasteiger partial charge in [0.15, 0.2) is 5.82 Å². The van der Waals surface area contributed by atoms with Crippen molar-refractivity contribution in [3.05, 3.63) is 42.2 Å². The number of benzene rings is 1. The highest BCUT2D eigenvalue weighted by molar-refractivity contribution is 5.91. The molecule has 0 saturated carbocycles. The lowest BCUT2D eigenvalue weighted by Gasteiger charge is -2.07. The SMILES string of the molecule is CCn1nnnc1-c1cccc(NC(=O)CCn2cc(C)cn2)c1. The van der Waals surface area contributed by atoms with Crippen molar-refractivity contribution in [2.24, 2.45) is 0 Å². The molecule has 8 nitrogen and oxygen atoms in total. The lowest BCUT2D eigenvalue weighted by atomic mass is 10.2. The first-order chi connectivity index (χ1) is 11.7. The van der Waals surface area contributed by atoms with E-state index in [1.165, 1.54) is 0 Å². The Kier molecular flexibility index (Phi) is 4.64. The van der Waals surface area contributed by atoms with Gasteiger partial charge in [0.1, 0.15) is 0 Å². The maximum atomic E-state index is 12.1. The van der Waals surface area contributed by atoms with Crippen LogP contribution in [0.15, 0.2) is 36.7 Å². The van der Waals surface area contributed by atoms with Gasteiger partial charge < -0.3 is 5.32 Å². The summed E-state index contributed by atoms with van der Waals surface area (Å²) < 4.78 is 3.47. The fourth-order valence-electron chi connectivity index (χ4n) is 2.39. The monoisotopic (exact) mass is 325 g/mol. The molecule has 2 heterocycles. The van der Waals surface area contributed by atoms with Crippen molar-refractivity contribution >= 4 is 11.6 Å². The van der Waals surface area contributed by atoms with E-state index in [4.69, 9.17) is 0 Å². The predicted octanol–water partition coefficient (Wildman–Crippen LogP) is 1.89. The van der Waals surface area contributed by atoms with Crippen LogP contribution in [-0.4, -0.2) is 35.9 Å². The maximum Gasteiger partial charge on any atom is 0.226 e. The molecule has 0 radical (unpaired) electrons. The Bertz CT molecular complexity index is 836. The van der Waals surface area contributed by atoms with Crippen LogP contribution in [0.2, 0.25) is 0 Å². The standard InChI is InChI=1S/C16H19N7O/c1-3-23-16(19-20-21-23)13-5-4-6-14(9-13)18-15(24)7-8-22-11-12(2)10-17-22/h4-6,9-11H,3,7-8H2,1-2H3,(H,18,24). The van der Waals surface area contributed by atoms with Gasteiger partial charge >= 0.3 is 0 Å². The lowest BCUT2D eigenvalue weighted by Crippen LogP contribution is -2.14. The van der Waals surface area contributed by atoms with Crippen LogP contribution in [0.5, 0.6) is 0 Å². The molecule has 0 unspecified atom stereocenters. The summed E-state index contributed by atoms with van der Waals surface area (Å²) in [4.78, 5) is 12.1. The second-order valence-corrected chi connectivity index (χ2v) is 5.48. The van der Waals surface area contributed by atoms with Crippen molar-refractivity contribution in [2.45, 2.75) is 33.4 Å². The summed E-state index contributed by atoms with van der Waals surface area (Å²) in [6.07, 6.45) is 4.05. The molecule has 1 amide bonds. The van der Waals surface area contributed by atoms with E-state index in [0.29, 0.717) is 25.3 Å². The molecule has 2 aromatic heterocycles. The number of anilines is 1. The van der Waals surface area contributed by atoms with E-state index in [1.807, 2.05) is 44.3 Å². The van der Waals surface area contributed by atoms with Gasteiger partial charge in [0.05, 0.1) is 6.20 Å². The number of carbonyl (C=O) groups is 1. The lowest BCUT2D eigenvalue weighted by molar-refractivity contribution is -0.116. The van der Waals surface area contributed by atoms with Gasteiger partial charge in [-0.15, -0.1) is 5.10 Å². The number of amides is 1. The number of nitrogens with zero attached hydrogens (tertiary/aromatic N) is 6. The fraction of sp³-hybridized carbons (Fsp3) is 0.312. The van der Waals surface area contributed by atoms with Crippen molar-refractivity contribution < 1.29 is 4.79 Å². The summed E-state index contributed by atoms with van der Waals surface area (Å²) in [6.45, 7) is 5.18. The summed E-state index contributed by atoms with van der Waals surface area (Å²) in [5.41, 5.74) is 2.67. The fourth-order valence-corrected chi connectivity index (χ4v) is 2.39. The highest BCUT2D eigenvalue weighted by Gasteiger charge is 2.09. The number of hydrogen-bond donors (Lipinski definition) is 1. The Balaban J connectivity index is 1.65. The van der Waals surface area contributed by atoms with E-state index in [9.17, 15) is 4.79 Å². The number of tetrazole rings is 1. The average molecular weight is 325 g/mol. The van der Waals surface area contributed by atoms with E-state index in [1.54, 1.807) is 15.6 Å². The van der Waals surface area contributed by atoms with E-state index in [2.05, 4.69) is 25.9 Å². The van der Waals surface area contributed by atoms with Crippen LogP contribution in [0, 0.1) is 6.92 Å². The normalized spacial score (nSPS) is 10.8. The van der Waals surface area contributed by atoms with E-state index < -0.39 is 0 Å². The molecule has 0 bridgehead atoms. The molecule has 0 atom stereocenters. The molecular weight excluding hydrogens is 306 g/mol. The molecule has 3 aromatic rings. The number of aromatic nitrogens is 6.